The molecule has 0 unspecified atom stereocenters. The van der Waals surface area contributed by atoms with Crippen molar-refractivity contribution in [1.82, 2.24) is 44.6 Å². The number of hydrogen-bond acceptors (Lipinski definition) is 20. The van der Waals surface area contributed by atoms with Crippen molar-refractivity contribution in [2.45, 2.75) is 69.4 Å². The van der Waals surface area contributed by atoms with Crippen LogP contribution in [-0.4, -0.2) is 76.7 Å². The van der Waals surface area contributed by atoms with Crippen molar-refractivity contribution in [1.29, 1.82) is 5.26 Å². The zero-order valence-corrected chi connectivity index (χ0v) is 54.2. The minimum Gasteiger partial charge on any atom is -1.00 e. The molecule has 0 bridgehead atoms. The number of sulfonamides is 3. The molecule has 0 saturated carbocycles. The first-order valence-corrected chi connectivity index (χ1v) is 27.7. The number of nitrogens with zero attached hydrogens (tertiary/aromatic N) is 11. The largest absolute Gasteiger partial charge is 1.00 e. The molecule has 3 aliphatic rings. The van der Waals surface area contributed by atoms with Gasteiger partial charge >= 0.3 is 103 Å². The number of hydrogen-bond donors (Lipinski definition) is 2. The number of ether oxygens (including phenoxy) is 1. The Morgan fingerprint density at radius 1 is 0.654 bits per heavy atom. The zero-order valence-electron chi connectivity index (χ0n) is 44.3. The average Bonchev–Trinajstić information content (AvgIpc) is 3.99. The van der Waals surface area contributed by atoms with Crippen LogP contribution in [0.15, 0.2) is 155 Å². The van der Waals surface area contributed by atoms with Crippen LogP contribution in [0.25, 0.3) is 0 Å². The van der Waals surface area contributed by atoms with E-state index in [0.717, 1.165) is 22.4 Å². The molecule has 0 aliphatic carbocycles. The van der Waals surface area contributed by atoms with Crippen molar-refractivity contribution in [2.75, 3.05) is 8.61 Å². The first-order valence-electron chi connectivity index (χ1n) is 22.2. The summed E-state index contributed by atoms with van der Waals surface area (Å²) < 4.78 is 83.1. The number of nitrogens with one attached hydrogen (secondary N) is 1. The van der Waals surface area contributed by atoms with E-state index >= 15 is 0 Å². The molecule has 2 N–H and O–H groups in total. The molecule has 416 valence electrons. The third kappa shape index (κ3) is 21.4. The Kier molecular flexibility index (Phi) is 31.1. The van der Waals surface area contributed by atoms with E-state index < -0.39 is 30.1 Å². The molecule has 81 heavy (non-hydrogen) atoms. The molecule has 11 rings (SSSR count). The molecule has 8 aromatic rings. The maximum absolute atomic E-state index is 12.8. The Morgan fingerprint density at radius 3 is 1.51 bits per heavy atom. The van der Waals surface area contributed by atoms with Gasteiger partial charge in [-0.25, -0.2) is 63.5 Å². The number of aromatic nitrogens is 8. The first-order chi connectivity index (χ1) is 37.1. The molecule has 3 aliphatic heterocycles. The molecule has 5 aromatic heterocycles. The molecule has 0 amide bonds. The molecular weight excluding hydrogens is 1230 g/mol. The summed E-state index contributed by atoms with van der Waals surface area (Å²) in [5.74, 6) is 1.19. The van der Waals surface area contributed by atoms with E-state index in [1.165, 1.54) is 21.7 Å². The number of fused-ring (bicyclic) bond motifs is 3. The number of pyridine rings is 2. The SMILES string of the molecule is C.CC#N.Cc1cc(Cl)nc(Cl)n1.Cc1cc(Cl)nc(N2Cc3ccccc3S2(=O)=O)n1.Cc1cc(Oc2cccnc2)nc(N2Cc3ccccc3S2(=O)=O)n1.O=CO[O-].O=S1(=O)NCc2ccccc21.Oc1cccnc1.[H-].[K+].[K+]. The van der Waals surface area contributed by atoms with Gasteiger partial charge in [0.2, 0.25) is 33.1 Å². The number of halogens is 3. The number of benzene rings is 3. The fourth-order valence-electron chi connectivity index (χ4n) is 6.70. The van der Waals surface area contributed by atoms with Crippen molar-refractivity contribution in [3.05, 3.63) is 189 Å². The van der Waals surface area contributed by atoms with E-state index in [4.69, 9.17) is 60.0 Å². The van der Waals surface area contributed by atoms with Crippen LogP contribution < -0.4 is 126 Å². The molecule has 8 heterocycles. The third-order valence-corrected chi connectivity index (χ3v) is 15.5. The maximum Gasteiger partial charge on any atom is 1.00 e. The van der Waals surface area contributed by atoms with Gasteiger partial charge in [0, 0.05) is 49.0 Å². The summed E-state index contributed by atoms with van der Waals surface area (Å²) in [5.41, 5.74) is 4.33. The topological polar surface area (TPSA) is 327 Å². The normalized spacial score (nSPS) is 13.3. The van der Waals surface area contributed by atoms with Crippen molar-refractivity contribution >= 4 is 83.2 Å². The standard InChI is InChI=1S/C17H14N4O3S.C12H10ClN3O2S.C7H7NO2S.C5H4Cl2N2.C5H5NO.C2H3N.CH2O3.CH4.2K.H/c1-12-9-16(24-14-6-4-8-18-10-14)20-17(19-12)21-11-13-5-2-3-7-15(13)25(21,22)23;1-8-6-11(13)15-12(14-8)16-7-9-4-2-3-5-10(9)19(16,17)18;9-11(10)7-4-2-1-3-6(7)5-8-11;1-3-2-4(6)9-5(7)8-3;7-5-2-1-3-6-4-5;1-2-3;2-1-4-3;;;;/h2-10H,11H2,1H3;2-6H,7H2,1H3;1-4,8H,5H2;2H,1H3;1-4,7H;1H3;1,3H;1H4;;;/q;;;;;;;;2*+1;-1/p-1. The number of aryl methyl sites for hydroxylation is 3. The second kappa shape index (κ2) is 34.8. The summed E-state index contributed by atoms with van der Waals surface area (Å²) in [6, 6.07) is 34.1. The van der Waals surface area contributed by atoms with Crippen molar-refractivity contribution < 1.29 is 154 Å². The fourth-order valence-corrected chi connectivity index (χ4v) is 11.8. The van der Waals surface area contributed by atoms with Crippen LogP contribution >= 0.6 is 34.8 Å². The molecule has 0 atom stereocenters. The molecule has 3 aromatic carbocycles. The number of carbonyl (C=O) groups excluding carboxylic acids is 1. The quantitative estimate of drug-likeness (QED) is 0.0621. The maximum atomic E-state index is 12.8. The van der Waals surface area contributed by atoms with Crippen molar-refractivity contribution in [2.24, 2.45) is 0 Å². The summed E-state index contributed by atoms with van der Waals surface area (Å²) in [5, 5.41) is 25.1. The van der Waals surface area contributed by atoms with Gasteiger partial charge in [-0.2, -0.15) is 10.2 Å². The minimum atomic E-state index is -3.67. The van der Waals surface area contributed by atoms with E-state index in [2.05, 4.69) is 49.5 Å². The average molecular weight is 1270 g/mol. The summed E-state index contributed by atoms with van der Waals surface area (Å²) in [7, 11) is -10.4. The van der Waals surface area contributed by atoms with Crippen LogP contribution in [0.1, 0.15) is 49.5 Å². The van der Waals surface area contributed by atoms with Gasteiger partial charge in [0.1, 0.15) is 21.8 Å². The molecular formula is C50H49Cl3K2N12O11S3. The van der Waals surface area contributed by atoms with Crippen LogP contribution in [0.2, 0.25) is 15.6 Å². The number of aromatic hydroxyl groups is 1. The van der Waals surface area contributed by atoms with Crippen molar-refractivity contribution in [3.8, 4) is 23.4 Å². The Balaban J connectivity index is 0.000000522. The predicted octanol–water partition coefficient (Wildman–Crippen LogP) is 1.91. The van der Waals surface area contributed by atoms with E-state index in [1.54, 1.807) is 136 Å². The number of nitriles is 1. The predicted molar refractivity (Wildman–Crippen MR) is 292 cm³/mol. The monoisotopic (exact) mass is 1270 g/mol. The number of anilines is 2. The van der Waals surface area contributed by atoms with E-state index in [1.807, 2.05) is 24.3 Å². The van der Waals surface area contributed by atoms with Gasteiger partial charge in [-0.1, -0.05) is 85.2 Å². The summed E-state index contributed by atoms with van der Waals surface area (Å²) in [6.07, 6.45) is 6.19. The van der Waals surface area contributed by atoms with Gasteiger partial charge < -0.3 is 21.4 Å². The summed E-state index contributed by atoms with van der Waals surface area (Å²) >= 11 is 16.8. The molecule has 0 spiro atoms. The minimum absolute atomic E-state index is 0. The fraction of sp³-hybridized carbons (Fsp3) is 0.160. The van der Waals surface area contributed by atoms with Crippen LogP contribution in [0, 0.1) is 32.1 Å². The second-order valence-electron chi connectivity index (χ2n) is 15.5. The van der Waals surface area contributed by atoms with Gasteiger partial charge in [0.05, 0.1) is 46.2 Å². The van der Waals surface area contributed by atoms with Crippen LogP contribution in [0.4, 0.5) is 11.9 Å². The Morgan fingerprint density at radius 2 is 1.10 bits per heavy atom. The summed E-state index contributed by atoms with van der Waals surface area (Å²) in [6.45, 7) is 7.43. The molecule has 0 saturated heterocycles. The Bertz CT molecular complexity index is 3680. The van der Waals surface area contributed by atoms with Crippen LogP contribution in [0.5, 0.6) is 17.4 Å². The smallest absolute Gasteiger partial charge is 1.00 e. The molecule has 23 nitrogen and oxygen atoms in total. The molecule has 0 radical (unpaired) electrons. The van der Waals surface area contributed by atoms with Gasteiger partial charge in [0.15, 0.2) is 0 Å². The Labute approximate surface area is 570 Å². The van der Waals surface area contributed by atoms with E-state index in [0.29, 0.717) is 38.6 Å². The van der Waals surface area contributed by atoms with Crippen LogP contribution in [0.3, 0.4) is 0 Å². The first kappa shape index (κ1) is 72.4. The molecule has 31 heteroatoms. The van der Waals surface area contributed by atoms with Gasteiger partial charge in [-0.15, -0.1) is 0 Å². The molecule has 0 fully saturated rings. The summed E-state index contributed by atoms with van der Waals surface area (Å²) in [4.78, 5) is 44.0. The van der Waals surface area contributed by atoms with Crippen molar-refractivity contribution in [3.63, 3.8) is 0 Å². The van der Waals surface area contributed by atoms with Gasteiger partial charge in [-0.05, 0) is 104 Å². The zero-order chi connectivity index (χ0) is 57.0. The van der Waals surface area contributed by atoms with E-state index in [9.17, 15) is 25.3 Å². The number of rotatable bonds is 5. The Hall–Kier alpha value is -4.73. The van der Waals surface area contributed by atoms with Gasteiger partial charge in [-0.3, -0.25) is 14.8 Å². The second-order valence-corrected chi connectivity index (χ2v) is 22.0. The van der Waals surface area contributed by atoms with E-state index in [-0.39, 0.29) is 170 Å². The van der Waals surface area contributed by atoms with Crippen LogP contribution in [-0.2, 0) is 59.4 Å². The third-order valence-electron chi connectivity index (χ3n) is 9.84. The van der Waals surface area contributed by atoms with Gasteiger partial charge in [0.25, 0.3) is 26.5 Å². The number of carbonyl (C=O) groups is 1.